The van der Waals surface area contributed by atoms with Crippen molar-refractivity contribution >= 4 is 22.8 Å². The van der Waals surface area contributed by atoms with E-state index in [2.05, 4.69) is 20.2 Å². The highest BCUT2D eigenvalue weighted by Gasteiger charge is 2.10. The second kappa shape index (κ2) is 5.89. The summed E-state index contributed by atoms with van der Waals surface area (Å²) in [7, 11) is 0. The maximum atomic E-state index is 5.72. The number of benzene rings is 2. The van der Waals surface area contributed by atoms with E-state index in [-0.39, 0.29) is 0 Å². The molecule has 2 aromatic heterocycles. The Labute approximate surface area is 137 Å². The largest absolute Gasteiger partial charge is 0.420 e. The quantitative estimate of drug-likeness (QED) is 0.570. The van der Waals surface area contributed by atoms with Gasteiger partial charge < -0.3 is 9.40 Å². The van der Waals surface area contributed by atoms with E-state index in [0.717, 1.165) is 21.8 Å². The van der Waals surface area contributed by atoms with Gasteiger partial charge in [-0.15, -0.1) is 10.2 Å². The first-order chi connectivity index (χ1) is 11.3. The Morgan fingerprint density at radius 2 is 1.87 bits per heavy atom. The fourth-order valence-corrected chi connectivity index (χ4v) is 2.97. The van der Waals surface area contributed by atoms with E-state index in [1.807, 2.05) is 55.5 Å². The molecule has 0 saturated carbocycles. The number of aromatic nitrogens is 4. The fourth-order valence-electron chi connectivity index (χ4n) is 2.25. The number of H-pyrrole nitrogens is 1. The molecule has 114 valence electrons. The Morgan fingerprint density at radius 3 is 2.70 bits per heavy atom. The smallest absolute Gasteiger partial charge is 0.247 e. The summed E-state index contributed by atoms with van der Waals surface area (Å²) in [5.74, 6) is 1.72. The molecular weight excluding hydrogens is 308 g/mol. The third-order valence-corrected chi connectivity index (χ3v) is 4.32. The summed E-state index contributed by atoms with van der Waals surface area (Å²) in [5.41, 5.74) is 4.12. The molecule has 0 aliphatic heterocycles. The second-order valence-electron chi connectivity index (χ2n) is 5.21. The van der Waals surface area contributed by atoms with Crippen LogP contribution < -0.4 is 0 Å². The molecule has 5 nitrogen and oxygen atoms in total. The summed E-state index contributed by atoms with van der Waals surface area (Å²) in [5, 5.41) is 9.06. The maximum absolute atomic E-state index is 5.72. The van der Waals surface area contributed by atoms with Crippen LogP contribution >= 0.6 is 11.8 Å². The average Bonchev–Trinajstić information content (AvgIpc) is 3.20. The molecular formula is C17H14N4OS. The Morgan fingerprint density at radius 1 is 1.04 bits per heavy atom. The normalized spacial score (nSPS) is 11.2. The van der Waals surface area contributed by atoms with Crippen LogP contribution in [0.15, 0.2) is 58.1 Å². The molecule has 0 fully saturated rings. The number of hydrogen-bond donors (Lipinski definition) is 1. The Kier molecular flexibility index (Phi) is 3.59. The van der Waals surface area contributed by atoms with Crippen LogP contribution in [0.4, 0.5) is 0 Å². The van der Waals surface area contributed by atoms with Gasteiger partial charge >= 0.3 is 0 Å². The Balaban J connectivity index is 1.48. The third-order valence-electron chi connectivity index (χ3n) is 3.47. The zero-order valence-electron chi connectivity index (χ0n) is 12.5. The van der Waals surface area contributed by atoms with Crippen LogP contribution in [-0.2, 0) is 5.75 Å². The summed E-state index contributed by atoms with van der Waals surface area (Å²) in [6.45, 7) is 2.05. The monoisotopic (exact) mass is 322 g/mol. The molecule has 1 N–H and O–H groups in total. The zero-order valence-corrected chi connectivity index (χ0v) is 13.3. The summed E-state index contributed by atoms with van der Waals surface area (Å²) < 4.78 is 5.72. The predicted octanol–water partition coefficient (Wildman–Crippen LogP) is 4.21. The highest BCUT2D eigenvalue weighted by molar-refractivity contribution is 7.98. The van der Waals surface area contributed by atoms with Crippen LogP contribution in [0.3, 0.4) is 0 Å². The van der Waals surface area contributed by atoms with Crippen molar-refractivity contribution in [1.29, 1.82) is 0 Å². The highest BCUT2D eigenvalue weighted by atomic mass is 32.2. The van der Waals surface area contributed by atoms with Crippen LogP contribution in [0.25, 0.3) is 22.5 Å². The van der Waals surface area contributed by atoms with Crippen LogP contribution in [0.1, 0.15) is 11.5 Å². The molecule has 2 heterocycles. The number of rotatable bonds is 4. The van der Waals surface area contributed by atoms with Crippen molar-refractivity contribution in [3.05, 3.63) is 60.0 Å². The van der Waals surface area contributed by atoms with Gasteiger partial charge in [-0.1, -0.05) is 41.6 Å². The molecule has 0 spiro atoms. The highest BCUT2D eigenvalue weighted by Crippen LogP contribution is 2.24. The van der Waals surface area contributed by atoms with E-state index in [1.165, 1.54) is 5.56 Å². The van der Waals surface area contributed by atoms with Gasteiger partial charge in [-0.2, -0.15) is 0 Å². The molecule has 4 aromatic rings. The van der Waals surface area contributed by atoms with E-state index in [1.54, 1.807) is 11.8 Å². The minimum Gasteiger partial charge on any atom is -0.420 e. The second-order valence-corrected chi connectivity index (χ2v) is 6.18. The number of hydrogen-bond acceptors (Lipinski definition) is 5. The number of para-hydroxylation sites is 2. The van der Waals surface area contributed by atoms with Gasteiger partial charge in [0.05, 0.1) is 16.8 Å². The van der Waals surface area contributed by atoms with Crippen molar-refractivity contribution in [3.8, 4) is 11.5 Å². The lowest BCUT2D eigenvalue weighted by Crippen LogP contribution is -1.81. The first kappa shape index (κ1) is 14.0. The lowest BCUT2D eigenvalue weighted by molar-refractivity contribution is 0.528. The van der Waals surface area contributed by atoms with Crippen molar-refractivity contribution in [2.45, 2.75) is 17.8 Å². The minimum atomic E-state index is 0.546. The summed E-state index contributed by atoms with van der Waals surface area (Å²) in [4.78, 5) is 7.79. The van der Waals surface area contributed by atoms with Crippen molar-refractivity contribution in [2.24, 2.45) is 0 Å². The number of nitrogens with zero attached hydrogens (tertiary/aromatic N) is 3. The number of aryl methyl sites for hydroxylation is 1. The zero-order chi connectivity index (χ0) is 15.6. The van der Waals surface area contributed by atoms with E-state index >= 15 is 0 Å². The SMILES string of the molecule is Cc1ccc(-c2nnc(CSc3nc4ccccc4[nH]3)o2)cc1. The van der Waals surface area contributed by atoms with Crippen LogP contribution in [-0.4, -0.2) is 20.2 Å². The summed E-state index contributed by atoms with van der Waals surface area (Å²) >= 11 is 1.55. The van der Waals surface area contributed by atoms with Gasteiger partial charge in [-0.25, -0.2) is 4.98 Å². The van der Waals surface area contributed by atoms with Gasteiger partial charge in [0.2, 0.25) is 11.8 Å². The molecule has 0 saturated heterocycles. The first-order valence-corrected chi connectivity index (χ1v) is 8.23. The van der Waals surface area contributed by atoms with Crippen molar-refractivity contribution in [3.63, 3.8) is 0 Å². The number of imidazole rings is 1. The molecule has 0 amide bonds. The first-order valence-electron chi connectivity index (χ1n) is 7.25. The van der Waals surface area contributed by atoms with E-state index in [4.69, 9.17) is 4.42 Å². The number of thioether (sulfide) groups is 1. The number of nitrogens with one attached hydrogen (secondary N) is 1. The van der Waals surface area contributed by atoms with Gasteiger partial charge in [0, 0.05) is 5.56 Å². The molecule has 0 aliphatic carbocycles. The number of fused-ring (bicyclic) bond motifs is 1. The van der Waals surface area contributed by atoms with Gasteiger partial charge in [0.25, 0.3) is 0 Å². The van der Waals surface area contributed by atoms with Crippen molar-refractivity contribution in [2.75, 3.05) is 0 Å². The molecule has 0 radical (unpaired) electrons. The van der Waals surface area contributed by atoms with Crippen LogP contribution in [0.2, 0.25) is 0 Å². The molecule has 0 aliphatic rings. The maximum Gasteiger partial charge on any atom is 0.247 e. The van der Waals surface area contributed by atoms with E-state index in [0.29, 0.717) is 17.5 Å². The van der Waals surface area contributed by atoms with E-state index < -0.39 is 0 Å². The Bertz CT molecular complexity index is 910. The molecule has 6 heteroatoms. The van der Waals surface area contributed by atoms with Gasteiger partial charge in [0.15, 0.2) is 5.16 Å². The van der Waals surface area contributed by atoms with Crippen LogP contribution in [0, 0.1) is 6.92 Å². The van der Waals surface area contributed by atoms with Crippen molar-refractivity contribution in [1.82, 2.24) is 20.2 Å². The lowest BCUT2D eigenvalue weighted by Gasteiger charge is -1.95. The van der Waals surface area contributed by atoms with Crippen LogP contribution in [0.5, 0.6) is 0 Å². The fraction of sp³-hybridized carbons (Fsp3) is 0.118. The average molecular weight is 322 g/mol. The molecule has 0 unspecified atom stereocenters. The summed E-state index contributed by atoms with van der Waals surface area (Å²) in [6.07, 6.45) is 0. The minimum absolute atomic E-state index is 0.546. The van der Waals surface area contributed by atoms with E-state index in [9.17, 15) is 0 Å². The standard InChI is InChI=1S/C17H14N4OS/c1-11-6-8-12(9-7-11)16-21-20-15(22-16)10-23-17-18-13-4-2-3-5-14(13)19-17/h2-9H,10H2,1H3,(H,18,19). The summed E-state index contributed by atoms with van der Waals surface area (Å²) in [6, 6.07) is 16.0. The molecule has 0 atom stereocenters. The van der Waals surface area contributed by atoms with Gasteiger partial charge in [-0.3, -0.25) is 0 Å². The predicted molar refractivity (Wildman–Crippen MR) is 90.1 cm³/mol. The molecule has 4 rings (SSSR count). The van der Waals surface area contributed by atoms with Crippen molar-refractivity contribution < 1.29 is 4.42 Å². The third kappa shape index (κ3) is 2.98. The topological polar surface area (TPSA) is 67.6 Å². The Hall–Kier alpha value is -2.60. The lowest BCUT2D eigenvalue weighted by atomic mass is 10.1. The molecule has 23 heavy (non-hydrogen) atoms. The van der Waals surface area contributed by atoms with Gasteiger partial charge in [-0.05, 0) is 31.2 Å². The van der Waals surface area contributed by atoms with Gasteiger partial charge in [0.1, 0.15) is 0 Å². The molecule has 0 bridgehead atoms. The molecule has 2 aromatic carbocycles. The number of aromatic amines is 1.